The van der Waals surface area contributed by atoms with Crippen molar-refractivity contribution >= 4 is 44.4 Å². The van der Waals surface area contributed by atoms with Gasteiger partial charge in [-0.1, -0.05) is 15.9 Å². The summed E-state index contributed by atoms with van der Waals surface area (Å²) >= 11 is 4.63. The van der Waals surface area contributed by atoms with Crippen LogP contribution in [0.4, 0.5) is 5.13 Å². The van der Waals surface area contributed by atoms with Crippen LogP contribution in [-0.4, -0.2) is 10.9 Å². The van der Waals surface area contributed by atoms with E-state index in [0.29, 0.717) is 22.4 Å². The van der Waals surface area contributed by atoms with Gasteiger partial charge >= 0.3 is 0 Å². The molecule has 0 aliphatic rings. The molecule has 0 bridgehead atoms. The van der Waals surface area contributed by atoms with Crippen LogP contribution in [0, 0.1) is 11.3 Å². The molecule has 8 heteroatoms. The number of anilines is 1. The van der Waals surface area contributed by atoms with Gasteiger partial charge in [-0.05, 0) is 36.4 Å². The molecule has 1 aromatic carbocycles. The normalized spacial score (nSPS) is 11.0. The number of nitriles is 1. The standard InChI is InChI=1S/C18H12BrN3O3S/c19-13-1-3-14(4-2-13)24-11-16-6-5-15(25-16)9-12(10-20)17(23)22-18-21-7-8-26-18/h1-9H,11H2,(H,21,22,23)/b12-9+. The Morgan fingerprint density at radius 3 is 2.85 bits per heavy atom. The average Bonchev–Trinajstić information content (AvgIpc) is 3.31. The number of hydrogen-bond acceptors (Lipinski definition) is 6. The summed E-state index contributed by atoms with van der Waals surface area (Å²) in [6.07, 6.45) is 2.95. The quantitative estimate of drug-likeness (QED) is 0.455. The number of furan rings is 1. The minimum atomic E-state index is -0.536. The Bertz CT molecular complexity index is 956. The van der Waals surface area contributed by atoms with Crippen LogP contribution in [0.1, 0.15) is 11.5 Å². The number of carbonyl (C=O) groups excluding carboxylic acids is 1. The fourth-order valence-corrected chi connectivity index (χ4v) is 2.76. The molecule has 0 spiro atoms. The Labute approximate surface area is 161 Å². The van der Waals surface area contributed by atoms with Gasteiger partial charge in [0.1, 0.15) is 35.5 Å². The molecule has 2 heterocycles. The van der Waals surface area contributed by atoms with E-state index in [-0.39, 0.29) is 12.2 Å². The van der Waals surface area contributed by atoms with Crippen LogP contribution in [-0.2, 0) is 11.4 Å². The maximum absolute atomic E-state index is 12.1. The molecule has 0 radical (unpaired) electrons. The van der Waals surface area contributed by atoms with Gasteiger partial charge in [-0.2, -0.15) is 5.26 Å². The first-order valence-corrected chi connectivity index (χ1v) is 9.11. The highest BCUT2D eigenvalue weighted by Gasteiger charge is 2.12. The number of carbonyl (C=O) groups is 1. The van der Waals surface area contributed by atoms with Crippen LogP contribution in [0.5, 0.6) is 5.75 Å². The molecule has 3 rings (SSSR count). The van der Waals surface area contributed by atoms with Crippen molar-refractivity contribution in [3.8, 4) is 11.8 Å². The van der Waals surface area contributed by atoms with E-state index in [9.17, 15) is 10.1 Å². The Hall–Kier alpha value is -2.89. The fourth-order valence-electron chi connectivity index (χ4n) is 1.98. The molecular weight excluding hydrogens is 418 g/mol. The lowest BCUT2D eigenvalue weighted by molar-refractivity contribution is -0.112. The Morgan fingerprint density at radius 1 is 1.35 bits per heavy atom. The van der Waals surface area contributed by atoms with Crippen LogP contribution in [0.3, 0.4) is 0 Å². The Morgan fingerprint density at radius 2 is 2.15 bits per heavy atom. The van der Waals surface area contributed by atoms with E-state index >= 15 is 0 Å². The molecular formula is C18H12BrN3O3S. The average molecular weight is 430 g/mol. The molecule has 0 saturated heterocycles. The van der Waals surface area contributed by atoms with Crippen LogP contribution < -0.4 is 10.1 Å². The number of ether oxygens (including phenoxy) is 1. The van der Waals surface area contributed by atoms with E-state index in [0.717, 1.165) is 4.47 Å². The number of nitrogens with one attached hydrogen (secondary N) is 1. The maximum atomic E-state index is 12.1. The zero-order chi connectivity index (χ0) is 18.4. The number of benzene rings is 1. The van der Waals surface area contributed by atoms with Crippen molar-refractivity contribution < 1.29 is 13.9 Å². The minimum Gasteiger partial charge on any atom is -0.486 e. The molecule has 0 saturated carbocycles. The summed E-state index contributed by atoms with van der Waals surface area (Å²) in [6.45, 7) is 0.239. The Balaban J connectivity index is 1.63. The highest BCUT2D eigenvalue weighted by Crippen LogP contribution is 2.19. The molecule has 2 aromatic heterocycles. The van der Waals surface area contributed by atoms with E-state index in [4.69, 9.17) is 9.15 Å². The van der Waals surface area contributed by atoms with Crippen molar-refractivity contribution in [3.63, 3.8) is 0 Å². The zero-order valence-corrected chi connectivity index (χ0v) is 15.7. The number of hydrogen-bond donors (Lipinski definition) is 1. The molecule has 26 heavy (non-hydrogen) atoms. The van der Waals surface area contributed by atoms with Gasteiger partial charge in [-0.3, -0.25) is 10.1 Å². The molecule has 0 aliphatic carbocycles. The smallest absolute Gasteiger partial charge is 0.268 e. The first-order chi connectivity index (χ1) is 12.6. The van der Waals surface area contributed by atoms with Crippen molar-refractivity contribution in [2.24, 2.45) is 0 Å². The van der Waals surface area contributed by atoms with Crippen LogP contribution in [0.25, 0.3) is 6.08 Å². The number of amides is 1. The summed E-state index contributed by atoms with van der Waals surface area (Å²) in [5.41, 5.74) is -0.0741. The van der Waals surface area contributed by atoms with Crippen molar-refractivity contribution in [1.29, 1.82) is 5.26 Å². The predicted molar refractivity (Wildman–Crippen MR) is 102 cm³/mol. The molecule has 0 fully saturated rings. The number of aromatic nitrogens is 1. The molecule has 0 aliphatic heterocycles. The van der Waals surface area contributed by atoms with Crippen LogP contribution in [0.15, 0.2) is 62.4 Å². The molecule has 6 nitrogen and oxygen atoms in total. The predicted octanol–water partition coefficient (Wildman–Crippen LogP) is 4.62. The third-order valence-corrected chi connectivity index (χ3v) is 4.40. The van der Waals surface area contributed by atoms with Crippen LogP contribution in [0.2, 0.25) is 0 Å². The first kappa shape index (κ1) is 17.9. The second kappa shape index (κ2) is 8.47. The molecule has 1 N–H and O–H groups in total. The number of halogens is 1. The maximum Gasteiger partial charge on any atom is 0.268 e. The third-order valence-electron chi connectivity index (χ3n) is 3.18. The SMILES string of the molecule is N#C/C(=C\c1ccc(COc2ccc(Br)cc2)o1)C(=O)Nc1nccs1. The lowest BCUT2D eigenvalue weighted by Gasteiger charge is -2.03. The third kappa shape index (κ3) is 4.81. The van der Waals surface area contributed by atoms with Crippen molar-refractivity contribution in [2.75, 3.05) is 5.32 Å². The lowest BCUT2D eigenvalue weighted by Crippen LogP contribution is -2.13. The fraction of sp³-hybridized carbons (Fsp3) is 0.0556. The van der Waals surface area contributed by atoms with Gasteiger partial charge in [0, 0.05) is 22.1 Å². The van der Waals surface area contributed by atoms with E-state index in [1.165, 1.54) is 17.4 Å². The number of nitrogens with zero attached hydrogens (tertiary/aromatic N) is 2. The second-order valence-corrected chi connectivity index (χ2v) is 6.82. The van der Waals surface area contributed by atoms with Crippen molar-refractivity contribution in [1.82, 2.24) is 4.98 Å². The monoisotopic (exact) mass is 429 g/mol. The second-order valence-electron chi connectivity index (χ2n) is 5.01. The highest BCUT2D eigenvalue weighted by atomic mass is 79.9. The van der Waals surface area contributed by atoms with Crippen molar-refractivity contribution in [2.45, 2.75) is 6.61 Å². The topological polar surface area (TPSA) is 88.1 Å². The summed E-state index contributed by atoms with van der Waals surface area (Å²) in [6, 6.07) is 12.7. The van der Waals surface area contributed by atoms with Crippen molar-refractivity contribution in [3.05, 3.63) is 69.5 Å². The summed E-state index contributed by atoms with van der Waals surface area (Å²) < 4.78 is 12.2. The molecule has 1 amide bonds. The Kier molecular flexibility index (Phi) is 5.84. The highest BCUT2D eigenvalue weighted by molar-refractivity contribution is 9.10. The summed E-state index contributed by atoms with van der Waals surface area (Å²) in [4.78, 5) is 16.0. The number of rotatable bonds is 6. The van der Waals surface area contributed by atoms with E-state index in [1.54, 1.807) is 23.7 Å². The molecule has 130 valence electrons. The van der Waals surface area contributed by atoms with E-state index < -0.39 is 5.91 Å². The van der Waals surface area contributed by atoms with E-state index in [1.807, 2.05) is 30.3 Å². The van der Waals surface area contributed by atoms with Gasteiger partial charge < -0.3 is 9.15 Å². The summed E-state index contributed by atoms with van der Waals surface area (Å²) in [5.74, 6) is 1.15. The van der Waals surface area contributed by atoms with Crippen LogP contribution >= 0.6 is 27.3 Å². The zero-order valence-electron chi connectivity index (χ0n) is 13.3. The van der Waals surface area contributed by atoms with Gasteiger partial charge in [-0.15, -0.1) is 11.3 Å². The summed E-state index contributed by atoms with van der Waals surface area (Å²) in [7, 11) is 0. The minimum absolute atomic E-state index is 0.0741. The first-order valence-electron chi connectivity index (χ1n) is 7.44. The van der Waals surface area contributed by atoms with Gasteiger partial charge in [0.2, 0.25) is 0 Å². The van der Waals surface area contributed by atoms with Gasteiger partial charge in [0.25, 0.3) is 5.91 Å². The summed E-state index contributed by atoms with van der Waals surface area (Å²) in [5, 5.41) is 13.9. The van der Waals surface area contributed by atoms with Gasteiger partial charge in [0.05, 0.1) is 0 Å². The van der Waals surface area contributed by atoms with Gasteiger partial charge in [0.15, 0.2) is 5.13 Å². The molecule has 0 atom stereocenters. The van der Waals surface area contributed by atoms with Gasteiger partial charge in [-0.25, -0.2) is 4.98 Å². The van der Waals surface area contributed by atoms with E-state index in [2.05, 4.69) is 26.2 Å². The molecule has 0 unspecified atom stereocenters. The molecule has 3 aromatic rings. The largest absolute Gasteiger partial charge is 0.486 e. The number of thiazole rings is 1. The lowest BCUT2D eigenvalue weighted by atomic mass is 10.2.